The summed E-state index contributed by atoms with van der Waals surface area (Å²) in [5.74, 6) is 0. The van der Waals surface area contributed by atoms with Crippen LogP contribution in [-0.2, 0) is 13.7 Å². The minimum absolute atomic E-state index is 0.0622. The van der Waals surface area contributed by atoms with E-state index in [1.54, 1.807) is 5.38 Å². The molecule has 0 aliphatic heterocycles. The van der Waals surface area contributed by atoms with Crippen molar-refractivity contribution >= 4 is 22.9 Å². The molecule has 0 spiro atoms. The smallest absolute Gasteiger partial charge is 0.368 e. The van der Waals surface area contributed by atoms with Crippen LogP contribution < -0.4 is 10.4 Å². The molecule has 0 unspecified atom stereocenters. The Kier molecular flexibility index (Phi) is 3.34. The second-order valence-electron chi connectivity index (χ2n) is 3.95. The van der Waals surface area contributed by atoms with Crippen molar-refractivity contribution in [3.05, 3.63) is 45.0 Å². The number of hydrogen-bond acceptors (Lipinski definition) is 7. The van der Waals surface area contributed by atoms with Crippen molar-refractivity contribution in [1.29, 1.82) is 0 Å². The molecule has 3 heterocycles. The second kappa shape index (κ2) is 5.62. The molecule has 0 amide bonds. The highest BCUT2D eigenvalue weighted by molar-refractivity contribution is 7.11. The third-order valence-electron chi connectivity index (χ3n) is 2.64. The molecular formula is C11H9ClN6O2S. The molecule has 8 nitrogen and oxygen atoms in total. The zero-order valence-corrected chi connectivity index (χ0v) is 12.3. The molecular weight excluding hydrogens is 316 g/mol. The van der Waals surface area contributed by atoms with Crippen molar-refractivity contribution in [1.82, 2.24) is 29.8 Å². The number of aromatic nitrogens is 6. The average Bonchev–Trinajstić information content (AvgIpc) is 3.05. The third-order valence-corrected chi connectivity index (χ3v) is 3.60. The number of hydrogen-bond donors (Lipinski definition) is 0. The number of halogens is 1. The van der Waals surface area contributed by atoms with Crippen molar-refractivity contribution in [2.75, 3.05) is 0 Å². The Hall–Kier alpha value is -2.26. The van der Waals surface area contributed by atoms with Gasteiger partial charge in [-0.05, 0) is 10.4 Å². The fourth-order valence-electron chi connectivity index (χ4n) is 1.62. The van der Waals surface area contributed by atoms with Crippen LogP contribution in [0, 0.1) is 0 Å². The normalized spacial score (nSPS) is 11.4. The van der Waals surface area contributed by atoms with E-state index in [0.717, 1.165) is 9.36 Å². The minimum Gasteiger partial charge on any atom is -0.465 e. The van der Waals surface area contributed by atoms with Crippen LogP contribution in [0.1, 0.15) is 6.93 Å². The molecule has 0 saturated carbocycles. The summed E-state index contributed by atoms with van der Waals surface area (Å²) in [6, 6.07) is 0. The summed E-state index contributed by atoms with van der Waals surface area (Å²) < 4.78 is 15.1. The van der Waals surface area contributed by atoms with E-state index in [2.05, 4.69) is 20.4 Å². The van der Waals surface area contributed by atoms with E-state index >= 15 is 0 Å². The lowest BCUT2D eigenvalue weighted by atomic mass is 10.2. The molecule has 0 bridgehead atoms. The third kappa shape index (κ3) is 2.65. The predicted molar refractivity (Wildman–Crippen MR) is 75.9 cm³/mol. The molecule has 0 aromatic carbocycles. The molecule has 108 valence electrons. The highest BCUT2D eigenvalue weighted by Gasteiger charge is 2.15. The average molecular weight is 327 g/mol. The van der Waals surface area contributed by atoms with Gasteiger partial charge in [0.05, 0.1) is 18.3 Å². The van der Waals surface area contributed by atoms with Crippen LogP contribution in [0.25, 0.3) is 5.69 Å². The van der Waals surface area contributed by atoms with Gasteiger partial charge in [0.1, 0.15) is 6.61 Å². The Balaban J connectivity index is 1.96. The van der Waals surface area contributed by atoms with E-state index < -0.39 is 5.69 Å². The van der Waals surface area contributed by atoms with E-state index in [1.165, 1.54) is 30.8 Å². The fourth-order valence-corrected chi connectivity index (χ4v) is 2.27. The lowest BCUT2D eigenvalue weighted by molar-refractivity contribution is 0.304. The highest BCUT2D eigenvalue weighted by atomic mass is 35.5. The van der Waals surface area contributed by atoms with Gasteiger partial charge in [-0.15, -0.1) is 0 Å². The zero-order chi connectivity index (χ0) is 15.7. The molecule has 3 rings (SSSR count). The van der Waals surface area contributed by atoms with E-state index in [1.807, 2.05) is 0 Å². The SMILES string of the molecule is [3H]c1csc(OCc2c(Cl)cncc2-n2nnn(C)c2=O)n1. The number of tetrazole rings is 1. The molecule has 0 fully saturated rings. The van der Waals surface area contributed by atoms with Gasteiger partial charge < -0.3 is 4.74 Å². The molecule has 3 aromatic heterocycles. The predicted octanol–water partition coefficient (Wildman–Crippen LogP) is 1.05. The van der Waals surface area contributed by atoms with Gasteiger partial charge in [0.25, 0.3) is 5.19 Å². The Morgan fingerprint density at radius 3 is 3.00 bits per heavy atom. The fraction of sp³-hybridized carbons (Fsp3) is 0.182. The number of ether oxygens (including phenoxy) is 1. The van der Waals surface area contributed by atoms with Gasteiger partial charge in [0.2, 0.25) is 0 Å². The van der Waals surface area contributed by atoms with E-state index in [-0.39, 0.29) is 12.8 Å². The van der Waals surface area contributed by atoms with Gasteiger partial charge in [0, 0.05) is 30.4 Å². The lowest BCUT2D eigenvalue weighted by Crippen LogP contribution is -2.23. The van der Waals surface area contributed by atoms with Gasteiger partial charge in [-0.25, -0.2) is 9.78 Å². The molecule has 0 aliphatic rings. The van der Waals surface area contributed by atoms with Gasteiger partial charge in [-0.2, -0.15) is 9.36 Å². The number of nitrogens with zero attached hydrogens (tertiary/aromatic N) is 6. The summed E-state index contributed by atoms with van der Waals surface area (Å²) in [7, 11) is 1.49. The first-order valence-electron chi connectivity index (χ1n) is 6.23. The number of thiazole rings is 1. The van der Waals surface area contributed by atoms with Crippen molar-refractivity contribution < 1.29 is 6.11 Å². The molecule has 21 heavy (non-hydrogen) atoms. The van der Waals surface area contributed by atoms with Crippen molar-refractivity contribution in [2.24, 2.45) is 7.05 Å². The first-order chi connectivity index (χ1) is 10.6. The standard InChI is InChI=1S/C11H9ClN6O2S/c1-17-11(19)18(16-15-17)9-5-13-4-8(12)7(9)6-20-10-14-2-3-21-10/h2-5H,6H2,1H3/i2T. The van der Waals surface area contributed by atoms with Crippen LogP contribution in [0.5, 0.6) is 5.19 Å². The van der Waals surface area contributed by atoms with Crippen molar-refractivity contribution in [3.8, 4) is 10.9 Å². The van der Waals surface area contributed by atoms with E-state index in [0.29, 0.717) is 21.5 Å². The van der Waals surface area contributed by atoms with E-state index in [4.69, 9.17) is 17.7 Å². The van der Waals surface area contributed by atoms with E-state index in [9.17, 15) is 4.79 Å². The Bertz CT molecular complexity index is 876. The summed E-state index contributed by atoms with van der Waals surface area (Å²) in [6.45, 7) is 0.0622. The largest absolute Gasteiger partial charge is 0.465 e. The summed E-state index contributed by atoms with van der Waals surface area (Å²) in [5, 5.41) is 9.65. The topological polar surface area (TPSA) is 87.7 Å². The van der Waals surface area contributed by atoms with Gasteiger partial charge >= 0.3 is 5.69 Å². The molecule has 0 aliphatic carbocycles. The summed E-state index contributed by atoms with van der Waals surface area (Å²) in [4.78, 5) is 19.8. The maximum Gasteiger partial charge on any atom is 0.368 e. The number of rotatable bonds is 4. The molecule has 10 heteroatoms. The van der Waals surface area contributed by atoms with Crippen molar-refractivity contribution in [2.45, 2.75) is 6.61 Å². The van der Waals surface area contributed by atoms with Crippen LogP contribution in [0.3, 0.4) is 0 Å². The van der Waals surface area contributed by atoms with Gasteiger partial charge in [-0.3, -0.25) is 4.98 Å². The first-order valence-corrected chi connectivity index (χ1v) is 6.98. The highest BCUT2D eigenvalue weighted by Crippen LogP contribution is 2.23. The molecule has 0 N–H and O–H groups in total. The molecule has 0 atom stereocenters. The summed E-state index contributed by atoms with van der Waals surface area (Å²) in [6.07, 6.45) is 3.03. The number of aryl methyl sites for hydroxylation is 1. The Morgan fingerprint density at radius 2 is 2.33 bits per heavy atom. The maximum absolute atomic E-state index is 12.0. The van der Waals surface area contributed by atoms with Crippen LogP contribution in [0.4, 0.5) is 0 Å². The second-order valence-corrected chi connectivity index (χ2v) is 5.17. The Labute approximate surface area is 129 Å². The monoisotopic (exact) mass is 326 g/mol. The van der Waals surface area contributed by atoms with Gasteiger partial charge in [-0.1, -0.05) is 22.9 Å². The van der Waals surface area contributed by atoms with Crippen molar-refractivity contribution in [3.63, 3.8) is 0 Å². The summed E-state index contributed by atoms with van der Waals surface area (Å²) in [5.41, 5.74) is 0.488. The van der Waals surface area contributed by atoms with Crippen LogP contribution in [0.15, 0.2) is 28.7 Å². The molecule has 0 radical (unpaired) electrons. The first kappa shape index (κ1) is 12.5. The van der Waals surface area contributed by atoms with Crippen LogP contribution in [0.2, 0.25) is 5.02 Å². The maximum atomic E-state index is 12.0. The van der Waals surface area contributed by atoms with Gasteiger partial charge in [0.15, 0.2) is 0 Å². The van der Waals surface area contributed by atoms with Crippen LogP contribution in [-0.4, -0.2) is 29.8 Å². The summed E-state index contributed by atoms with van der Waals surface area (Å²) >= 11 is 7.35. The quantitative estimate of drug-likeness (QED) is 0.712. The van der Waals surface area contributed by atoms with Crippen LogP contribution >= 0.6 is 22.9 Å². The molecule has 0 saturated heterocycles. The Morgan fingerprint density at radius 1 is 1.48 bits per heavy atom. The lowest BCUT2D eigenvalue weighted by Gasteiger charge is -2.09. The zero-order valence-electron chi connectivity index (χ0n) is 11.7. The minimum atomic E-state index is -0.423. The molecule has 3 aromatic rings. The number of pyridine rings is 1.